The van der Waals surface area contributed by atoms with Gasteiger partial charge in [-0.2, -0.15) is 0 Å². The normalized spacial score (nSPS) is 17.0. The van der Waals surface area contributed by atoms with Crippen molar-refractivity contribution in [3.8, 4) is 0 Å². The number of carboxylic acid groups (broad SMARTS) is 1. The Kier molecular flexibility index (Phi) is 5.36. The number of hydrogen-bond donors (Lipinski definition) is 2. The second-order valence-corrected chi connectivity index (χ2v) is 5.87. The topological polar surface area (TPSA) is 86.7 Å². The van der Waals surface area contributed by atoms with Gasteiger partial charge in [0.2, 0.25) is 5.91 Å². The van der Waals surface area contributed by atoms with Gasteiger partial charge in [0.25, 0.3) is 5.91 Å². The zero-order chi connectivity index (χ0) is 17.0. The van der Waals surface area contributed by atoms with Crippen LogP contribution in [0.25, 0.3) is 0 Å². The SMILES string of the molecule is CC[C@H](C)[C@H](NC(=O)c1ccc(N2CCCC2=O)cc1)C(=O)O. The lowest BCUT2D eigenvalue weighted by Gasteiger charge is -2.20. The van der Waals surface area contributed by atoms with Gasteiger partial charge in [0.05, 0.1) is 0 Å². The molecule has 2 amide bonds. The van der Waals surface area contributed by atoms with Crippen LogP contribution in [-0.2, 0) is 9.59 Å². The van der Waals surface area contributed by atoms with Crippen LogP contribution in [0.5, 0.6) is 0 Å². The van der Waals surface area contributed by atoms with Crippen LogP contribution in [0.4, 0.5) is 5.69 Å². The van der Waals surface area contributed by atoms with Crippen molar-refractivity contribution in [3.63, 3.8) is 0 Å². The molecule has 1 heterocycles. The summed E-state index contributed by atoms with van der Waals surface area (Å²) in [5.74, 6) is -1.52. The Labute approximate surface area is 135 Å². The lowest BCUT2D eigenvalue weighted by molar-refractivity contribution is -0.140. The summed E-state index contributed by atoms with van der Waals surface area (Å²) in [4.78, 5) is 36.9. The number of carbonyl (C=O) groups is 3. The van der Waals surface area contributed by atoms with Crippen molar-refractivity contribution < 1.29 is 19.5 Å². The standard InChI is InChI=1S/C17H22N2O4/c1-3-11(2)15(17(22)23)18-16(21)12-6-8-13(9-7-12)19-10-4-5-14(19)20/h6-9,11,15H,3-5,10H2,1-2H3,(H,18,21)(H,22,23)/t11-,15-/m0/s1. The number of anilines is 1. The van der Waals surface area contributed by atoms with Gasteiger partial charge in [0.15, 0.2) is 0 Å². The molecule has 0 unspecified atom stereocenters. The van der Waals surface area contributed by atoms with E-state index in [2.05, 4.69) is 5.32 Å². The van der Waals surface area contributed by atoms with E-state index in [4.69, 9.17) is 0 Å². The molecule has 23 heavy (non-hydrogen) atoms. The molecule has 2 N–H and O–H groups in total. The maximum absolute atomic E-state index is 12.2. The first-order chi connectivity index (χ1) is 10.9. The van der Waals surface area contributed by atoms with Crippen LogP contribution in [0.1, 0.15) is 43.5 Å². The van der Waals surface area contributed by atoms with Gasteiger partial charge in [-0.25, -0.2) is 4.79 Å². The van der Waals surface area contributed by atoms with E-state index in [0.717, 1.165) is 12.1 Å². The molecule has 0 saturated carbocycles. The fourth-order valence-corrected chi connectivity index (χ4v) is 2.62. The molecule has 0 radical (unpaired) electrons. The number of carbonyl (C=O) groups excluding carboxylic acids is 2. The molecular formula is C17H22N2O4. The van der Waals surface area contributed by atoms with Crippen molar-refractivity contribution in [1.82, 2.24) is 5.32 Å². The zero-order valence-corrected chi connectivity index (χ0v) is 13.4. The fourth-order valence-electron chi connectivity index (χ4n) is 2.62. The Morgan fingerprint density at radius 3 is 2.43 bits per heavy atom. The molecule has 1 aliphatic heterocycles. The minimum atomic E-state index is -1.04. The highest BCUT2D eigenvalue weighted by Gasteiger charge is 2.26. The number of aliphatic carboxylic acids is 1. The van der Waals surface area contributed by atoms with E-state index >= 15 is 0 Å². The van der Waals surface area contributed by atoms with Crippen molar-refractivity contribution in [1.29, 1.82) is 0 Å². The average molecular weight is 318 g/mol. The Morgan fingerprint density at radius 2 is 1.96 bits per heavy atom. The lowest BCUT2D eigenvalue weighted by atomic mass is 9.99. The summed E-state index contributed by atoms with van der Waals surface area (Å²) in [6, 6.07) is 5.76. The summed E-state index contributed by atoms with van der Waals surface area (Å²) >= 11 is 0. The third kappa shape index (κ3) is 3.88. The van der Waals surface area contributed by atoms with Gasteiger partial charge in [-0.3, -0.25) is 9.59 Å². The molecule has 6 nitrogen and oxygen atoms in total. The van der Waals surface area contributed by atoms with Crippen molar-refractivity contribution in [2.45, 2.75) is 39.2 Å². The lowest BCUT2D eigenvalue weighted by Crippen LogP contribution is -2.45. The summed E-state index contributed by atoms with van der Waals surface area (Å²) in [5, 5.41) is 11.8. The highest BCUT2D eigenvalue weighted by atomic mass is 16.4. The Hall–Kier alpha value is -2.37. The van der Waals surface area contributed by atoms with Crippen LogP contribution in [-0.4, -0.2) is 35.5 Å². The number of rotatable bonds is 6. The molecule has 6 heteroatoms. The first-order valence-corrected chi connectivity index (χ1v) is 7.88. The number of carboxylic acids is 1. The minimum Gasteiger partial charge on any atom is -0.480 e. The Balaban J connectivity index is 2.07. The van der Waals surface area contributed by atoms with Gasteiger partial charge in [-0.15, -0.1) is 0 Å². The smallest absolute Gasteiger partial charge is 0.326 e. The van der Waals surface area contributed by atoms with Crippen LogP contribution < -0.4 is 10.2 Å². The van der Waals surface area contributed by atoms with Gasteiger partial charge >= 0.3 is 5.97 Å². The average Bonchev–Trinajstić information content (AvgIpc) is 2.97. The number of benzene rings is 1. The highest BCUT2D eigenvalue weighted by molar-refractivity contribution is 5.98. The fraction of sp³-hybridized carbons (Fsp3) is 0.471. The summed E-state index contributed by atoms with van der Waals surface area (Å²) in [7, 11) is 0. The maximum atomic E-state index is 12.2. The van der Waals surface area contributed by atoms with Gasteiger partial charge in [0, 0.05) is 24.2 Å². The molecule has 0 spiro atoms. The van der Waals surface area contributed by atoms with Crippen molar-refractivity contribution in [3.05, 3.63) is 29.8 Å². The van der Waals surface area contributed by atoms with Gasteiger partial charge in [-0.05, 0) is 36.6 Å². The van der Waals surface area contributed by atoms with Crippen LogP contribution in [0, 0.1) is 5.92 Å². The number of nitrogens with one attached hydrogen (secondary N) is 1. The quantitative estimate of drug-likeness (QED) is 0.840. The van der Waals surface area contributed by atoms with Crippen molar-refractivity contribution >= 4 is 23.5 Å². The molecule has 1 aromatic rings. The number of amides is 2. The first kappa shape index (κ1) is 17.0. The Bertz CT molecular complexity index is 597. The summed E-state index contributed by atoms with van der Waals surface area (Å²) in [6.07, 6.45) is 2.06. The van der Waals surface area contributed by atoms with Crippen LogP contribution >= 0.6 is 0 Å². The maximum Gasteiger partial charge on any atom is 0.326 e. The van der Waals surface area contributed by atoms with Gasteiger partial charge in [-0.1, -0.05) is 20.3 Å². The van der Waals surface area contributed by atoms with Gasteiger partial charge in [0.1, 0.15) is 6.04 Å². The predicted octanol–water partition coefficient (Wildman–Crippen LogP) is 2.04. The summed E-state index contributed by atoms with van der Waals surface area (Å²) in [5.41, 5.74) is 1.15. The van der Waals surface area contributed by atoms with Crippen LogP contribution in [0.2, 0.25) is 0 Å². The molecule has 1 fully saturated rings. The molecule has 0 bridgehead atoms. The van der Waals surface area contributed by atoms with E-state index in [1.165, 1.54) is 0 Å². The largest absolute Gasteiger partial charge is 0.480 e. The number of hydrogen-bond acceptors (Lipinski definition) is 3. The molecule has 2 atom stereocenters. The predicted molar refractivity (Wildman–Crippen MR) is 86.4 cm³/mol. The number of nitrogens with zero attached hydrogens (tertiary/aromatic N) is 1. The van der Waals surface area contributed by atoms with E-state index in [1.807, 2.05) is 6.92 Å². The third-order valence-corrected chi connectivity index (χ3v) is 4.28. The van der Waals surface area contributed by atoms with Gasteiger partial charge < -0.3 is 15.3 Å². The van der Waals surface area contributed by atoms with Crippen LogP contribution in [0.3, 0.4) is 0 Å². The van der Waals surface area contributed by atoms with E-state index < -0.39 is 17.9 Å². The monoisotopic (exact) mass is 318 g/mol. The third-order valence-electron chi connectivity index (χ3n) is 4.28. The van der Waals surface area contributed by atoms with E-state index in [0.29, 0.717) is 24.9 Å². The Morgan fingerprint density at radius 1 is 1.30 bits per heavy atom. The minimum absolute atomic E-state index is 0.0879. The molecule has 1 saturated heterocycles. The zero-order valence-electron chi connectivity index (χ0n) is 13.4. The molecule has 0 aromatic heterocycles. The van der Waals surface area contributed by atoms with Crippen molar-refractivity contribution in [2.24, 2.45) is 5.92 Å². The molecule has 2 rings (SSSR count). The molecular weight excluding hydrogens is 296 g/mol. The second-order valence-electron chi connectivity index (χ2n) is 5.87. The van der Waals surface area contributed by atoms with Crippen molar-refractivity contribution in [2.75, 3.05) is 11.4 Å². The highest BCUT2D eigenvalue weighted by Crippen LogP contribution is 2.21. The molecule has 1 aliphatic rings. The molecule has 1 aromatic carbocycles. The molecule has 0 aliphatic carbocycles. The second kappa shape index (κ2) is 7.26. The first-order valence-electron chi connectivity index (χ1n) is 7.88. The molecule has 124 valence electrons. The van der Waals surface area contributed by atoms with E-state index in [9.17, 15) is 19.5 Å². The van der Waals surface area contributed by atoms with E-state index in [-0.39, 0.29) is 11.8 Å². The van der Waals surface area contributed by atoms with E-state index in [1.54, 1.807) is 36.1 Å². The summed E-state index contributed by atoms with van der Waals surface area (Å²) in [6.45, 7) is 4.37. The summed E-state index contributed by atoms with van der Waals surface area (Å²) < 4.78 is 0. The van der Waals surface area contributed by atoms with Crippen LogP contribution in [0.15, 0.2) is 24.3 Å².